The van der Waals surface area contributed by atoms with E-state index >= 15 is 0 Å². The van der Waals surface area contributed by atoms with Crippen molar-refractivity contribution in [1.29, 1.82) is 0 Å². The van der Waals surface area contributed by atoms with Gasteiger partial charge in [-0.15, -0.1) is 0 Å². The highest BCUT2D eigenvalue weighted by atomic mass is 35.5. The molecule has 0 saturated heterocycles. The molecular weight excluding hydrogens is 306 g/mol. The lowest BCUT2D eigenvalue weighted by molar-refractivity contribution is 0.0937. The topological polar surface area (TPSA) is 67.8 Å². The summed E-state index contributed by atoms with van der Waals surface area (Å²) in [6.07, 6.45) is 0. The maximum Gasteiger partial charge on any atom is 0.255 e. The van der Waals surface area contributed by atoms with Crippen molar-refractivity contribution in [2.24, 2.45) is 0 Å². The Morgan fingerprint density at radius 1 is 1.23 bits per heavy atom. The predicted octanol–water partition coefficient (Wildman–Crippen LogP) is 3.27. The van der Waals surface area contributed by atoms with Crippen molar-refractivity contribution >= 4 is 17.5 Å². The van der Waals surface area contributed by atoms with Crippen molar-refractivity contribution in [2.45, 2.75) is 13.0 Å². The maximum absolute atomic E-state index is 12.2. The summed E-state index contributed by atoms with van der Waals surface area (Å²) in [6.45, 7) is 2.05. The standard InChI is InChI=1S/C16H14ClNO4/c1-9(10-2-5-14-15(6-10)22-8-21-14)18-16(20)12-7-11(17)3-4-13(12)19/h2-7,9,19H,8H2,1H3,(H,18,20). The molecule has 6 heteroatoms. The zero-order chi connectivity index (χ0) is 15.7. The van der Waals surface area contributed by atoms with Crippen molar-refractivity contribution in [2.75, 3.05) is 6.79 Å². The number of ether oxygens (including phenoxy) is 2. The number of halogens is 1. The second-order valence-corrected chi connectivity index (χ2v) is 5.41. The fourth-order valence-electron chi connectivity index (χ4n) is 2.23. The molecule has 1 atom stereocenters. The first kappa shape index (κ1) is 14.5. The first-order valence-corrected chi connectivity index (χ1v) is 7.11. The minimum Gasteiger partial charge on any atom is -0.507 e. The van der Waals surface area contributed by atoms with Crippen LogP contribution in [0, 0.1) is 0 Å². The molecule has 114 valence electrons. The predicted molar refractivity (Wildman–Crippen MR) is 81.6 cm³/mol. The van der Waals surface area contributed by atoms with E-state index < -0.39 is 5.91 Å². The van der Waals surface area contributed by atoms with Crippen LogP contribution < -0.4 is 14.8 Å². The molecule has 2 aromatic rings. The molecule has 0 aliphatic carbocycles. The first-order valence-electron chi connectivity index (χ1n) is 6.73. The van der Waals surface area contributed by atoms with E-state index in [0.29, 0.717) is 16.5 Å². The summed E-state index contributed by atoms with van der Waals surface area (Å²) < 4.78 is 10.6. The summed E-state index contributed by atoms with van der Waals surface area (Å²) in [5, 5.41) is 13.0. The molecule has 1 aliphatic rings. The molecule has 0 saturated carbocycles. The summed E-state index contributed by atoms with van der Waals surface area (Å²) in [7, 11) is 0. The Hall–Kier alpha value is -2.40. The second kappa shape index (κ2) is 5.77. The van der Waals surface area contributed by atoms with Gasteiger partial charge < -0.3 is 19.9 Å². The van der Waals surface area contributed by atoms with Crippen LogP contribution in [0.4, 0.5) is 0 Å². The third kappa shape index (κ3) is 2.80. The number of nitrogens with one attached hydrogen (secondary N) is 1. The van der Waals surface area contributed by atoms with Gasteiger partial charge in [0.05, 0.1) is 11.6 Å². The number of phenols is 1. The van der Waals surface area contributed by atoms with E-state index in [0.717, 1.165) is 5.56 Å². The Morgan fingerprint density at radius 2 is 2.00 bits per heavy atom. The average molecular weight is 320 g/mol. The highest BCUT2D eigenvalue weighted by Gasteiger charge is 2.18. The first-order chi connectivity index (χ1) is 10.5. The van der Waals surface area contributed by atoms with Crippen molar-refractivity contribution in [3.8, 4) is 17.2 Å². The van der Waals surface area contributed by atoms with Crippen molar-refractivity contribution in [3.63, 3.8) is 0 Å². The average Bonchev–Trinajstić information content (AvgIpc) is 2.97. The lowest BCUT2D eigenvalue weighted by Gasteiger charge is -2.15. The van der Waals surface area contributed by atoms with E-state index in [1.165, 1.54) is 18.2 Å². The number of amides is 1. The van der Waals surface area contributed by atoms with Crippen LogP contribution in [0.2, 0.25) is 5.02 Å². The van der Waals surface area contributed by atoms with E-state index in [2.05, 4.69) is 5.32 Å². The summed E-state index contributed by atoms with van der Waals surface area (Å²) >= 11 is 5.86. The minimum absolute atomic E-state index is 0.111. The van der Waals surface area contributed by atoms with E-state index in [-0.39, 0.29) is 24.1 Å². The molecule has 2 N–H and O–H groups in total. The molecule has 0 radical (unpaired) electrons. The molecule has 1 unspecified atom stereocenters. The van der Waals surface area contributed by atoms with Gasteiger partial charge in [0, 0.05) is 5.02 Å². The lowest BCUT2D eigenvalue weighted by Crippen LogP contribution is -2.26. The van der Waals surface area contributed by atoms with Gasteiger partial charge in [0.2, 0.25) is 6.79 Å². The van der Waals surface area contributed by atoms with E-state index in [1.54, 1.807) is 6.07 Å². The quantitative estimate of drug-likeness (QED) is 0.911. The fraction of sp³-hybridized carbons (Fsp3) is 0.188. The van der Waals surface area contributed by atoms with Gasteiger partial charge >= 0.3 is 0 Å². The van der Waals surface area contributed by atoms with Crippen LogP contribution in [0.15, 0.2) is 36.4 Å². The number of fused-ring (bicyclic) bond motifs is 1. The molecule has 1 amide bonds. The Labute approximate surface area is 132 Å². The van der Waals surface area contributed by atoms with E-state index in [4.69, 9.17) is 21.1 Å². The summed E-state index contributed by atoms with van der Waals surface area (Å²) in [4.78, 5) is 12.2. The van der Waals surface area contributed by atoms with Gasteiger partial charge in [-0.2, -0.15) is 0 Å². The summed E-state index contributed by atoms with van der Waals surface area (Å²) in [5.41, 5.74) is 1.01. The molecule has 1 aliphatic heterocycles. The second-order valence-electron chi connectivity index (χ2n) is 4.97. The molecule has 0 spiro atoms. The lowest BCUT2D eigenvalue weighted by atomic mass is 10.1. The van der Waals surface area contributed by atoms with Gasteiger partial charge in [-0.05, 0) is 42.8 Å². The SMILES string of the molecule is CC(NC(=O)c1cc(Cl)ccc1O)c1ccc2c(c1)OCO2. The fourth-order valence-corrected chi connectivity index (χ4v) is 2.40. The molecule has 22 heavy (non-hydrogen) atoms. The molecule has 0 bridgehead atoms. The largest absolute Gasteiger partial charge is 0.507 e. The van der Waals surface area contributed by atoms with Crippen molar-refractivity contribution in [3.05, 3.63) is 52.5 Å². The third-order valence-corrected chi connectivity index (χ3v) is 3.68. The van der Waals surface area contributed by atoms with Crippen LogP contribution in [-0.4, -0.2) is 17.8 Å². The Balaban J connectivity index is 1.77. The number of carbonyl (C=O) groups excluding carboxylic acids is 1. The number of hydrogen-bond acceptors (Lipinski definition) is 4. The summed E-state index contributed by atoms with van der Waals surface area (Å²) in [5.74, 6) is 0.837. The van der Waals surface area contributed by atoms with E-state index in [9.17, 15) is 9.90 Å². The minimum atomic E-state index is -0.398. The molecular formula is C16H14ClNO4. The molecule has 1 heterocycles. The van der Waals surface area contributed by atoms with Crippen LogP contribution >= 0.6 is 11.6 Å². The number of rotatable bonds is 3. The monoisotopic (exact) mass is 319 g/mol. The Morgan fingerprint density at radius 3 is 2.82 bits per heavy atom. The van der Waals surface area contributed by atoms with Crippen LogP contribution in [0.25, 0.3) is 0 Å². The Bertz CT molecular complexity index is 732. The van der Waals surface area contributed by atoms with Gasteiger partial charge in [0.1, 0.15) is 5.75 Å². The normalized spacial score (nSPS) is 13.7. The number of benzene rings is 2. The van der Waals surface area contributed by atoms with Crippen molar-refractivity contribution < 1.29 is 19.4 Å². The number of aromatic hydroxyl groups is 1. The number of phenolic OH excluding ortho intramolecular Hbond substituents is 1. The van der Waals surface area contributed by atoms with Crippen LogP contribution in [0.1, 0.15) is 28.9 Å². The van der Waals surface area contributed by atoms with Gasteiger partial charge in [-0.1, -0.05) is 17.7 Å². The zero-order valence-electron chi connectivity index (χ0n) is 11.8. The van der Waals surface area contributed by atoms with Gasteiger partial charge in [0.15, 0.2) is 11.5 Å². The third-order valence-electron chi connectivity index (χ3n) is 3.45. The maximum atomic E-state index is 12.2. The van der Waals surface area contributed by atoms with Crippen molar-refractivity contribution in [1.82, 2.24) is 5.32 Å². The molecule has 3 rings (SSSR count). The molecule has 0 aromatic heterocycles. The van der Waals surface area contributed by atoms with Crippen LogP contribution in [0.5, 0.6) is 17.2 Å². The smallest absolute Gasteiger partial charge is 0.255 e. The van der Waals surface area contributed by atoms with Crippen LogP contribution in [0.3, 0.4) is 0 Å². The summed E-state index contributed by atoms with van der Waals surface area (Å²) in [6, 6.07) is 9.56. The van der Waals surface area contributed by atoms with E-state index in [1.807, 2.05) is 19.1 Å². The van der Waals surface area contributed by atoms with Gasteiger partial charge in [-0.25, -0.2) is 0 Å². The highest BCUT2D eigenvalue weighted by Crippen LogP contribution is 2.34. The van der Waals surface area contributed by atoms with Gasteiger partial charge in [0.25, 0.3) is 5.91 Å². The molecule has 5 nitrogen and oxygen atoms in total. The van der Waals surface area contributed by atoms with Crippen LogP contribution in [-0.2, 0) is 0 Å². The number of carbonyl (C=O) groups is 1. The number of hydrogen-bond donors (Lipinski definition) is 2. The Kier molecular flexibility index (Phi) is 3.81. The van der Waals surface area contributed by atoms with Gasteiger partial charge in [-0.3, -0.25) is 4.79 Å². The molecule has 0 fully saturated rings. The highest BCUT2D eigenvalue weighted by molar-refractivity contribution is 6.31. The zero-order valence-corrected chi connectivity index (χ0v) is 12.6. The molecule has 2 aromatic carbocycles.